The number of nitrogens with one attached hydrogen (secondary N) is 1. The Morgan fingerprint density at radius 3 is 2.83 bits per heavy atom. The molecule has 0 aliphatic carbocycles. The standard InChI is InChI=1S/C13H16BrClFNS/c1-13(6-3-7-18-13)12(17-2)8-4-5-9(14)10(15)11(8)16/h4-5,12,17H,3,6-7H2,1-2H3. The SMILES string of the molecule is CNC(c1ccc(Br)c(Cl)c1F)C1(C)CCCS1. The van der Waals surface area contributed by atoms with E-state index < -0.39 is 0 Å². The van der Waals surface area contributed by atoms with Crippen molar-refractivity contribution in [3.63, 3.8) is 0 Å². The normalized spacial score (nSPS) is 25.4. The molecule has 1 fully saturated rings. The number of hydrogen-bond donors (Lipinski definition) is 1. The fourth-order valence-corrected chi connectivity index (χ4v) is 4.52. The number of benzene rings is 1. The Balaban J connectivity index is 2.42. The highest BCUT2D eigenvalue weighted by molar-refractivity contribution is 9.10. The summed E-state index contributed by atoms with van der Waals surface area (Å²) >= 11 is 11.1. The molecule has 1 saturated heterocycles. The number of thioether (sulfide) groups is 1. The lowest BCUT2D eigenvalue weighted by Gasteiger charge is -2.33. The van der Waals surface area contributed by atoms with Gasteiger partial charge < -0.3 is 5.32 Å². The summed E-state index contributed by atoms with van der Waals surface area (Å²) in [7, 11) is 1.88. The Hall–Kier alpha value is 0.230. The molecule has 5 heteroatoms. The second-order valence-electron chi connectivity index (χ2n) is 4.75. The maximum absolute atomic E-state index is 14.3. The first-order chi connectivity index (χ1) is 8.49. The third-order valence-electron chi connectivity index (χ3n) is 3.52. The minimum absolute atomic E-state index is 0.0180. The lowest BCUT2D eigenvalue weighted by molar-refractivity contribution is 0.424. The van der Waals surface area contributed by atoms with E-state index in [9.17, 15) is 4.39 Å². The van der Waals surface area contributed by atoms with Crippen LogP contribution in [0.3, 0.4) is 0 Å². The Kier molecular flexibility index (Phi) is 4.63. The van der Waals surface area contributed by atoms with Crippen LogP contribution in [0.15, 0.2) is 16.6 Å². The molecule has 1 aliphatic rings. The summed E-state index contributed by atoms with van der Waals surface area (Å²) in [6, 6.07) is 3.61. The van der Waals surface area contributed by atoms with Gasteiger partial charge in [0.25, 0.3) is 0 Å². The largest absolute Gasteiger partial charge is 0.312 e. The van der Waals surface area contributed by atoms with E-state index in [1.165, 1.54) is 6.42 Å². The van der Waals surface area contributed by atoms with Crippen LogP contribution in [0.1, 0.15) is 31.4 Å². The maximum Gasteiger partial charge on any atom is 0.147 e. The summed E-state index contributed by atoms with van der Waals surface area (Å²) in [6.07, 6.45) is 2.28. The molecule has 1 nitrogen and oxygen atoms in total. The van der Waals surface area contributed by atoms with Crippen molar-refractivity contribution >= 4 is 39.3 Å². The Bertz CT molecular complexity index is 449. The van der Waals surface area contributed by atoms with E-state index in [0.29, 0.717) is 10.0 Å². The molecule has 1 heterocycles. The molecule has 18 heavy (non-hydrogen) atoms. The average molecular weight is 353 g/mol. The van der Waals surface area contributed by atoms with Gasteiger partial charge in [-0.15, -0.1) is 0 Å². The van der Waals surface area contributed by atoms with Crippen molar-refractivity contribution in [1.29, 1.82) is 0 Å². The molecule has 2 unspecified atom stereocenters. The molecule has 100 valence electrons. The lowest BCUT2D eigenvalue weighted by atomic mass is 9.90. The molecule has 1 aliphatic heterocycles. The maximum atomic E-state index is 14.3. The number of hydrogen-bond acceptors (Lipinski definition) is 2. The fraction of sp³-hybridized carbons (Fsp3) is 0.538. The zero-order valence-corrected chi connectivity index (χ0v) is 13.6. The van der Waals surface area contributed by atoms with Gasteiger partial charge in [-0.1, -0.05) is 17.7 Å². The van der Waals surface area contributed by atoms with E-state index in [0.717, 1.165) is 12.2 Å². The van der Waals surface area contributed by atoms with Gasteiger partial charge in [-0.05, 0) is 54.6 Å². The number of rotatable bonds is 3. The van der Waals surface area contributed by atoms with Gasteiger partial charge in [0.2, 0.25) is 0 Å². The minimum Gasteiger partial charge on any atom is -0.312 e. The van der Waals surface area contributed by atoms with Crippen LogP contribution in [0.5, 0.6) is 0 Å². The molecule has 1 N–H and O–H groups in total. The summed E-state index contributed by atoms with van der Waals surface area (Å²) in [6.45, 7) is 2.20. The second-order valence-corrected chi connectivity index (χ2v) is 7.61. The highest BCUT2D eigenvalue weighted by Gasteiger charge is 2.39. The molecule has 0 radical (unpaired) electrons. The van der Waals surface area contributed by atoms with Crippen LogP contribution in [-0.4, -0.2) is 17.5 Å². The second kappa shape index (κ2) is 5.70. The van der Waals surface area contributed by atoms with Crippen molar-refractivity contribution in [1.82, 2.24) is 5.32 Å². The third-order valence-corrected chi connectivity index (χ3v) is 6.38. The van der Waals surface area contributed by atoms with Gasteiger partial charge >= 0.3 is 0 Å². The molecule has 2 rings (SSSR count). The van der Waals surface area contributed by atoms with Crippen LogP contribution in [0.25, 0.3) is 0 Å². The van der Waals surface area contributed by atoms with Crippen molar-refractivity contribution < 1.29 is 4.39 Å². The zero-order chi connectivity index (χ0) is 13.3. The summed E-state index contributed by atoms with van der Waals surface area (Å²) in [5, 5.41) is 3.42. The Morgan fingerprint density at radius 2 is 2.28 bits per heavy atom. The van der Waals surface area contributed by atoms with Crippen LogP contribution < -0.4 is 5.32 Å². The zero-order valence-electron chi connectivity index (χ0n) is 10.4. The van der Waals surface area contributed by atoms with Crippen LogP contribution in [0.2, 0.25) is 5.02 Å². The first-order valence-corrected chi connectivity index (χ1v) is 8.10. The van der Waals surface area contributed by atoms with Crippen molar-refractivity contribution in [3.05, 3.63) is 33.0 Å². The Labute approximate surface area is 125 Å². The summed E-state index contributed by atoms with van der Waals surface area (Å²) in [5.74, 6) is 0.819. The highest BCUT2D eigenvalue weighted by Crippen LogP contribution is 2.47. The molecule has 0 spiro atoms. The molecule has 1 aromatic carbocycles. The van der Waals surface area contributed by atoms with E-state index in [1.807, 2.05) is 30.9 Å². The van der Waals surface area contributed by atoms with E-state index in [4.69, 9.17) is 11.6 Å². The van der Waals surface area contributed by atoms with Gasteiger partial charge in [0, 0.05) is 20.8 Å². The van der Waals surface area contributed by atoms with Crippen LogP contribution >= 0.6 is 39.3 Å². The molecule has 1 aromatic rings. The molecule has 2 atom stereocenters. The summed E-state index contributed by atoms with van der Waals surface area (Å²) in [5.41, 5.74) is 0.655. The van der Waals surface area contributed by atoms with Crippen molar-refractivity contribution in [2.45, 2.75) is 30.6 Å². The molecule has 0 amide bonds. The van der Waals surface area contributed by atoms with E-state index in [1.54, 1.807) is 0 Å². The van der Waals surface area contributed by atoms with Crippen LogP contribution in [0.4, 0.5) is 4.39 Å². The van der Waals surface area contributed by atoms with Gasteiger partial charge in [-0.25, -0.2) is 4.39 Å². The van der Waals surface area contributed by atoms with Crippen molar-refractivity contribution in [3.8, 4) is 0 Å². The molecular weight excluding hydrogens is 337 g/mol. The third kappa shape index (κ3) is 2.58. The molecule has 0 aromatic heterocycles. The van der Waals surface area contributed by atoms with Gasteiger partial charge in [-0.3, -0.25) is 0 Å². The predicted octanol–water partition coefficient (Wildman–Crippen LogP) is 4.79. The number of halogens is 3. The van der Waals surface area contributed by atoms with Crippen molar-refractivity contribution in [2.24, 2.45) is 0 Å². The topological polar surface area (TPSA) is 12.0 Å². The minimum atomic E-state index is -0.320. The quantitative estimate of drug-likeness (QED) is 0.785. The lowest BCUT2D eigenvalue weighted by Crippen LogP contribution is -2.36. The van der Waals surface area contributed by atoms with E-state index in [-0.39, 0.29) is 21.6 Å². The van der Waals surface area contributed by atoms with Crippen molar-refractivity contribution in [2.75, 3.05) is 12.8 Å². The van der Waals surface area contributed by atoms with Crippen LogP contribution in [0, 0.1) is 5.82 Å². The van der Waals surface area contributed by atoms with Gasteiger partial charge in [-0.2, -0.15) is 11.8 Å². The van der Waals surface area contributed by atoms with Gasteiger partial charge in [0.05, 0.1) is 5.02 Å². The molecule has 0 bridgehead atoms. The molecule has 0 saturated carbocycles. The smallest absolute Gasteiger partial charge is 0.147 e. The van der Waals surface area contributed by atoms with E-state index in [2.05, 4.69) is 28.2 Å². The van der Waals surface area contributed by atoms with E-state index >= 15 is 0 Å². The van der Waals surface area contributed by atoms with Gasteiger partial charge in [0.15, 0.2) is 0 Å². The fourth-order valence-electron chi connectivity index (χ4n) is 2.58. The Morgan fingerprint density at radius 1 is 1.56 bits per heavy atom. The predicted molar refractivity (Wildman–Crippen MR) is 81.0 cm³/mol. The van der Waals surface area contributed by atoms with Gasteiger partial charge in [0.1, 0.15) is 5.82 Å². The molecular formula is C13H16BrClFNS. The highest BCUT2D eigenvalue weighted by atomic mass is 79.9. The summed E-state index contributed by atoms with van der Waals surface area (Å²) < 4.78 is 14.9. The summed E-state index contributed by atoms with van der Waals surface area (Å²) in [4.78, 5) is 0. The van der Waals surface area contributed by atoms with Crippen LogP contribution in [-0.2, 0) is 0 Å². The average Bonchev–Trinajstić information content (AvgIpc) is 2.78. The first kappa shape index (κ1) is 14.6. The first-order valence-electron chi connectivity index (χ1n) is 5.94. The monoisotopic (exact) mass is 351 g/mol.